The van der Waals surface area contributed by atoms with Crippen molar-refractivity contribution in [2.24, 2.45) is 0 Å². The first-order valence-corrected chi connectivity index (χ1v) is 6.54. The quantitative estimate of drug-likeness (QED) is 0.866. The van der Waals surface area contributed by atoms with Crippen molar-refractivity contribution in [3.8, 4) is 0 Å². The Kier molecular flexibility index (Phi) is 4.91. The summed E-state index contributed by atoms with van der Waals surface area (Å²) in [5, 5.41) is 12.3. The van der Waals surface area contributed by atoms with Crippen LogP contribution in [0.4, 0.5) is 4.39 Å². The molecule has 0 saturated heterocycles. The van der Waals surface area contributed by atoms with Crippen LogP contribution in [0.1, 0.15) is 17.2 Å². The van der Waals surface area contributed by atoms with Gasteiger partial charge in [0, 0.05) is 0 Å². The number of quaternary nitrogens is 1. The Labute approximate surface area is 116 Å². The SMILES string of the molecule is O[C@H](C[NH2+]Cc1c(F)cccc1Cl)c1ccccc1. The van der Waals surface area contributed by atoms with Crippen molar-refractivity contribution in [2.75, 3.05) is 6.54 Å². The Balaban J connectivity index is 1.90. The van der Waals surface area contributed by atoms with Crippen LogP contribution in [0.3, 0.4) is 0 Å². The van der Waals surface area contributed by atoms with Crippen LogP contribution in [-0.2, 0) is 6.54 Å². The average Bonchev–Trinajstić information content (AvgIpc) is 2.43. The molecule has 0 unspecified atom stereocenters. The molecule has 2 aromatic carbocycles. The van der Waals surface area contributed by atoms with Crippen molar-refractivity contribution in [1.82, 2.24) is 0 Å². The summed E-state index contributed by atoms with van der Waals surface area (Å²) in [5.74, 6) is -0.307. The van der Waals surface area contributed by atoms with Gasteiger partial charge in [-0.2, -0.15) is 0 Å². The van der Waals surface area contributed by atoms with E-state index in [0.717, 1.165) is 5.56 Å². The summed E-state index contributed by atoms with van der Waals surface area (Å²) < 4.78 is 13.5. The fraction of sp³-hybridized carbons (Fsp3) is 0.200. The Morgan fingerprint density at radius 3 is 2.53 bits per heavy atom. The smallest absolute Gasteiger partial charge is 0.133 e. The predicted molar refractivity (Wildman–Crippen MR) is 73.3 cm³/mol. The highest BCUT2D eigenvalue weighted by atomic mass is 35.5. The third-order valence-electron chi connectivity index (χ3n) is 2.98. The van der Waals surface area contributed by atoms with E-state index in [1.165, 1.54) is 6.07 Å². The van der Waals surface area contributed by atoms with Gasteiger partial charge in [-0.25, -0.2) is 4.39 Å². The second-order valence-corrected chi connectivity index (χ2v) is 4.76. The first-order valence-electron chi connectivity index (χ1n) is 6.16. The second-order valence-electron chi connectivity index (χ2n) is 4.36. The van der Waals surface area contributed by atoms with E-state index in [-0.39, 0.29) is 5.82 Å². The summed E-state index contributed by atoms with van der Waals surface area (Å²) in [6, 6.07) is 14.0. The fourth-order valence-corrected chi connectivity index (χ4v) is 2.16. The van der Waals surface area contributed by atoms with Crippen LogP contribution in [0.5, 0.6) is 0 Å². The maximum Gasteiger partial charge on any atom is 0.133 e. The van der Waals surface area contributed by atoms with Crippen molar-refractivity contribution in [3.05, 3.63) is 70.5 Å². The van der Waals surface area contributed by atoms with Crippen LogP contribution in [0.2, 0.25) is 5.02 Å². The minimum Gasteiger partial charge on any atom is -0.382 e. The van der Waals surface area contributed by atoms with Gasteiger partial charge in [-0.05, 0) is 17.7 Å². The Morgan fingerprint density at radius 1 is 1.11 bits per heavy atom. The van der Waals surface area contributed by atoms with Crippen LogP contribution >= 0.6 is 11.6 Å². The average molecular weight is 281 g/mol. The second kappa shape index (κ2) is 6.66. The molecule has 1 atom stereocenters. The lowest BCUT2D eigenvalue weighted by Crippen LogP contribution is -2.83. The summed E-state index contributed by atoms with van der Waals surface area (Å²) in [7, 11) is 0. The molecule has 2 aromatic rings. The zero-order valence-corrected chi connectivity index (χ0v) is 11.1. The molecule has 0 fully saturated rings. The molecule has 100 valence electrons. The van der Waals surface area contributed by atoms with Gasteiger partial charge in [0.15, 0.2) is 0 Å². The molecular weight excluding hydrogens is 265 g/mol. The number of hydrogen-bond donors (Lipinski definition) is 2. The predicted octanol–water partition coefficient (Wildman–Crippen LogP) is 2.28. The fourth-order valence-electron chi connectivity index (χ4n) is 1.92. The van der Waals surface area contributed by atoms with Crippen molar-refractivity contribution < 1.29 is 14.8 Å². The third-order valence-corrected chi connectivity index (χ3v) is 3.34. The number of halogens is 2. The minimum atomic E-state index is -0.563. The van der Waals surface area contributed by atoms with E-state index in [4.69, 9.17) is 11.6 Å². The molecule has 0 bridgehead atoms. The highest BCUT2D eigenvalue weighted by Crippen LogP contribution is 2.17. The topological polar surface area (TPSA) is 36.8 Å². The van der Waals surface area contributed by atoms with Gasteiger partial charge in [0.2, 0.25) is 0 Å². The van der Waals surface area contributed by atoms with Crippen molar-refractivity contribution >= 4 is 11.6 Å². The van der Waals surface area contributed by atoms with Crippen molar-refractivity contribution in [3.63, 3.8) is 0 Å². The summed E-state index contributed by atoms with van der Waals surface area (Å²) in [5.41, 5.74) is 1.34. The molecule has 0 aliphatic heterocycles. The van der Waals surface area contributed by atoms with Crippen LogP contribution in [-0.4, -0.2) is 11.7 Å². The zero-order valence-electron chi connectivity index (χ0n) is 10.4. The van der Waals surface area contributed by atoms with Gasteiger partial charge in [0.05, 0.1) is 10.6 Å². The van der Waals surface area contributed by atoms with E-state index in [1.54, 1.807) is 12.1 Å². The summed E-state index contributed by atoms with van der Waals surface area (Å²) in [6.07, 6.45) is -0.563. The highest BCUT2D eigenvalue weighted by molar-refractivity contribution is 6.31. The highest BCUT2D eigenvalue weighted by Gasteiger charge is 2.12. The first kappa shape index (κ1) is 14.0. The molecule has 0 aliphatic carbocycles. The molecule has 4 heteroatoms. The van der Waals surface area contributed by atoms with Gasteiger partial charge in [-0.1, -0.05) is 48.0 Å². The third kappa shape index (κ3) is 3.77. The van der Waals surface area contributed by atoms with Crippen LogP contribution < -0.4 is 5.32 Å². The van der Waals surface area contributed by atoms with E-state index in [0.29, 0.717) is 23.7 Å². The zero-order chi connectivity index (χ0) is 13.7. The van der Waals surface area contributed by atoms with Crippen molar-refractivity contribution in [2.45, 2.75) is 12.6 Å². The maximum atomic E-state index is 13.5. The first-order chi connectivity index (χ1) is 9.18. The number of aliphatic hydroxyl groups is 1. The minimum absolute atomic E-state index is 0.307. The molecular formula is C15H16ClFNO+. The van der Waals surface area contributed by atoms with Crippen LogP contribution in [0, 0.1) is 5.82 Å². The van der Waals surface area contributed by atoms with E-state index in [2.05, 4.69) is 0 Å². The molecule has 0 aliphatic rings. The molecule has 0 aromatic heterocycles. The summed E-state index contributed by atoms with van der Waals surface area (Å²) in [6.45, 7) is 0.879. The molecule has 0 spiro atoms. The largest absolute Gasteiger partial charge is 0.382 e. The molecule has 2 nitrogen and oxygen atoms in total. The van der Waals surface area contributed by atoms with Crippen molar-refractivity contribution in [1.29, 1.82) is 0 Å². The molecule has 0 heterocycles. The maximum absolute atomic E-state index is 13.5. The van der Waals surface area contributed by atoms with Gasteiger partial charge in [0.25, 0.3) is 0 Å². The van der Waals surface area contributed by atoms with E-state index in [1.807, 2.05) is 35.6 Å². The van der Waals surface area contributed by atoms with Gasteiger partial charge >= 0.3 is 0 Å². The van der Waals surface area contributed by atoms with E-state index < -0.39 is 6.10 Å². The van der Waals surface area contributed by atoms with Gasteiger partial charge < -0.3 is 10.4 Å². The van der Waals surface area contributed by atoms with Gasteiger partial charge in [-0.3, -0.25) is 0 Å². The molecule has 2 rings (SSSR count). The number of aliphatic hydroxyl groups excluding tert-OH is 1. The molecule has 19 heavy (non-hydrogen) atoms. The normalized spacial score (nSPS) is 12.4. The number of hydrogen-bond acceptors (Lipinski definition) is 1. The Bertz CT molecular complexity index is 513. The van der Waals surface area contributed by atoms with Gasteiger partial charge in [0.1, 0.15) is 25.0 Å². The standard InChI is InChI=1S/C15H15ClFNO/c16-13-7-4-8-14(17)12(13)9-18-10-15(19)11-5-2-1-3-6-11/h1-8,15,18-19H,9-10H2/p+1/t15-/m1/s1. The molecule has 0 radical (unpaired) electrons. The molecule has 3 N–H and O–H groups in total. The van der Waals surface area contributed by atoms with E-state index in [9.17, 15) is 9.50 Å². The summed E-state index contributed by atoms with van der Waals surface area (Å²) in [4.78, 5) is 0. The molecule has 0 amide bonds. The summed E-state index contributed by atoms with van der Waals surface area (Å²) >= 11 is 5.94. The monoisotopic (exact) mass is 280 g/mol. The Hall–Kier alpha value is -1.42. The molecule has 0 saturated carbocycles. The lowest BCUT2D eigenvalue weighted by atomic mass is 10.1. The van der Waals surface area contributed by atoms with Gasteiger partial charge in [-0.15, -0.1) is 0 Å². The lowest BCUT2D eigenvalue weighted by Gasteiger charge is -2.10. The number of nitrogens with two attached hydrogens (primary N) is 1. The number of benzene rings is 2. The Morgan fingerprint density at radius 2 is 1.84 bits per heavy atom. The lowest BCUT2D eigenvalue weighted by molar-refractivity contribution is -0.677. The van der Waals surface area contributed by atoms with Crippen LogP contribution in [0.25, 0.3) is 0 Å². The number of rotatable bonds is 5. The van der Waals surface area contributed by atoms with E-state index >= 15 is 0 Å². The van der Waals surface area contributed by atoms with Crippen LogP contribution in [0.15, 0.2) is 48.5 Å².